The Morgan fingerprint density at radius 3 is 2.55 bits per heavy atom. The summed E-state index contributed by atoms with van der Waals surface area (Å²) in [4.78, 5) is 0. The van der Waals surface area contributed by atoms with E-state index in [0.29, 0.717) is 18.8 Å². The average molecular weight is 292 g/mol. The molecular weight excluding hydrogens is 273 g/mol. The van der Waals surface area contributed by atoms with Crippen LogP contribution in [0.3, 0.4) is 0 Å². The number of benzene rings is 1. The van der Waals surface area contributed by atoms with Crippen molar-refractivity contribution < 1.29 is 22.6 Å². The Balaban J connectivity index is 2.84. The summed E-state index contributed by atoms with van der Waals surface area (Å²) in [6.07, 6.45) is 0. The summed E-state index contributed by atoms with van der Waals surface area (Å²) in [5.74, 6) is -1.48. The predicted molar refractivity (Wildman–Crippen MR) is 71.6 cm³/mol. The predicted octanol–water partition coefficient (Wildman–Crippen LogP) is 3.24. The van der Waals surface area contributed by atoms with Gasteiger partial charge < -0.3 is 20.5 Å². The van der Waals surface area contributed by atoms with E-state index in [4.69, 9.17) is 10.5 Å². The quantitative estimate of drug-likeness (QED) is 0.758. The maximum absolute atomic E-state index is 13.4. The summed E-state index contributed by atoms with van der Waals surface area (Å²) in [7, 11) is 0. The van der Waals surface area contributed by atoms with Crippen LogP contribution in [-0.2, 0) is 4.74 Å². The SMILES string of the molecule is CCOC(C)(C)CNc1cc(OC(F)F)c(F)cc1N. The monoisotopic (exact) mass is 292 g/mol. The van der Waals surface area contributed by atoms with Crippen LogP contribution in [0.25, 0.3) is 0 Å². The highest BCUT2D eigenvalue weighted by Crippen LogP contribution is 2.29. The molecule has 4 nitrogen and oxygen atoms in total. The van der Waals surface area contributed by atoms with Crippen molar-refractivity contribution in [2.24, 2.45) is 0 Å². The van der Waals surface area contributed by atoms with Gasteiger partial charge in [0.05, 0.1) is 17.0 Å². The van der Waals surface area contributed by atoms with E-state index in [1.54, 1.807) is 0 Å². The smallest absolute Gasteiger partial charge is 0.387 e. The molecule has 0 saturated heterocycles. The molecule has 0 fully saturated rings. The minimum absolute atomic E-state index is 0.108. The van der Waals surface area contributed by atoms with Crippen LogP contribution >= 0.6 is 0 Å². The number of nitrogens with two attached hydrogens (primary N) is 1. The fraction of sp³-hybridized carbons (Fsp3) is 0.538. The van der Waals surface area contributed by atoms with Crippen LogP contribution in [0.5, 0.6) is 5.75 Å². The molecule has 0 aliphatic heterocycles. The number of hydrogen-bond donors (Lipinski definition) is 2. The van der Waals surface area contributed by atoms with Gasteiger partial charge in [0.1, 0.15) is 0 Å². The largest absolute Gasteiger partial charge is 0.432 e. The highest BCUT2D eigenvalue weighted by molar-refractivity contribution is 5.68. The van der Waals surface area contributed by atoms with E-state index in [9.17, 15) is 13.2 Å². The summed E-state index contributed by atoms with van der Waals surface area (Å²) < 4.78 is 47.3. The molecule has 3 N–H and O–H groups in total. The first-order valence-electron chi connectivity index (χ1n) is 6.17. The molecule has 114 valence electrons. The summed E-state index contributed by atoms with van der Waals surface area (Å²) in [6, 6.07) is 2.05. The van der Waals surface area contributed by atoms with Crippen LogP contribution in [0.1, 0.15) is 20.8 Å². The van der Waals surface area contributed by atoms with Gasteiger partial charge in [-0.25, -0.2) is 4.39 Å². The molecule has 0 aromatic heterocycles. The van der Waals surface area contributed by atoms with Gasteiger partial charge in [-0.2, -0.15) is 8.78 Å². The number of hydrogen-bond acceptors (Lipinski definition) is 4. The lowest BCUT2D eigenvalue weighted by molar-refractivity contribution is -0.0521. The summed E-state index contributed by atoms with van der Waals surface area (Å²) in [5, 5.41) is 2.94. The van der Waals surface area contributed by atoms with Crippen LogP contribution in [0, 0.1) is 5.82 Å². The molecular formula is C13H19F3N2O2. The van der Waals surface area contributed by atoms with E-state index in [0.717, 1.165) is 12.1 Å². The Morgan fingerprint density at radius 2 is 2.00 bits per heavy atom. The van der Waals surface area contributed by atoms with Crippen molar-refractivity contribution in [3.63, 3.8) is 0 Å². The zero-order valence-corrected chi connectivity index (χ0v) is 11.7. The molecule has 0 amide bonds. The Kier molecular flexibility index (Phi) is 5.50. The lowest BCUT2D eigenvalue weighted by Crippen LogP contribution is -2.33. The molecule has 0 aliphatic carbocycles. The van der Waals surface area contributed by atoms with Crippen molar-refractivity contribution in [2.75, 3.05) is 24.2 Å². The van der Waals surface area contributed by atoms with Crippen LogP contribution in [0.15, 0.2) is 12.1 Å². The molecule has 0 atom stereocenters. The van der Waals surface area contributed by atoms with E-state index in [2.05, 4.69) is 10.1 Å². The van der Waals surface area contributed by atoms with Gasteiger partial charge >= 0.3 is 6.61 Å². The lowest BCUT2D eigenvalue weighted by atomic mass is 10.1. The molecule has 1 aromatic rings. The molecule has 0 aliphatic rings. The second-order valence-electron chi connectivity index (χ2n) is 4.79. The van der Waals surface area contributed by atoms with Gasteiger partial charge in [-0.3, -0.25) is 0 Å². The van der Waals surface area contributed by atoms with Gasteiger partial charge in [0.2, 0.25) is 0 Å². The molecule has 0 spiro atoms. The fourth-order valence-electron chi connectivity index (χ4n) is 1.66. The number of rotatable bonds is 7. The number of anilines is 2. The third-order valence-corrected chi connectivity index (χ3v) is 2.56. The molecule has 0 bridgehead atoms. The highest BCUT2D eigenvalue weighted by Gasteiger charge is 2.19. The van der Waals surface area contributed by atoms with Crippen molar-refractivity contribution in [1.82, 2.24) is 0 Å². The van der Waals surface area contributed by atoms with Crippen molar-refractivity contribution in [1.29, 1.82) is 0 Å². The minimum Gasteiger partial charge on any atom is -0.432 e. The van der Waals surface area contributed by atoms with E-state index < -0.39 is 23.8 Å². The Hall–Kier alpha value is -1.63. The maximum atomic E-state index is 13.4. The van der Waals surface area contributed by atoms with Crippen LogP contribution in [0.2, 0.25) is 0 Å². The molecule has 20 heavy (non-hydrogen) atoms. The van der Waals surface area contributed by atoms with Gasteiger partial charge in [-0.1, -0.05) is 0 Å². The van der Waals surface area contributed by atoms with Crippen molar-refractivity contribution in [3.8, 4) is 5.75 Å². The Labute approximate surface area is 116 Å². The van der Waals surface area contributed by atoms with E-state index in [1.807, 2.05) is 20.8 Å². The van der Waals surface area contributed by atoms with Crippen molar-refractivity contribution in [3.05, 3.63) is 17.9 Å². The highest BCUT2D eigenvalue weighted by atomic mass is 19.3. The fourth-order valence-corrected chi connectivity index (χ4v) is 1.66. The number of ether oxygens (including phenoxy) is 2. The van der Waals surface area contributed by atoms with E-state index >= 15 is 0 Å². The first-order valence-corrected chi connectivity index (χ1v) is 6.17. The first-order chi connectivity index (χ1) is 9.25. The van der Waals surface area contributed by atoms with Crippen LogP contribution in [-0.4, -0.2) is 25.4 Å². The van der Waals surface area contributed by atoms with Gasteiger partial charge in [0.15, 0.2) is 11.6 Å². The molecule has 0 radical (unpaired) electrons. The zero-order chi connectivity index (χ0) is 15.3. The normalized spacial score (nSPS) is 11.8. The lowest BCUT2D eigenvalue weighted by Gasteiger charge is -2.26. The van der Waals surface area contributed by atoms with Crippen molar-refractivity contribution >= 4 is 11.4 Å². The molecule has 7 heteroatoms. The van der Waals surface area contributed by atoms with E-state index in [-0.39, 0.29) is 5.69 Å². The second-order valence-corrected chi connectivity index (χ2v) is 4.79. The average Bonchev–Trinajstić information content (AvgIpc) is 2.30. The zero-order valence-electron chi connectivity index (χ0n) is 11.7. The first kappa shape index (κ1) is 16.4. The van der Waals surface area contributed by atoms with Gasteiger partial charge in [-0.15, -0.1) is 0 Å². The maximum Gasteiger partial charge on any atom is 0.387 e. The standard InChI is InChI=1S/C13H19F3N2O2/c1-4-19-13(2,3)7-18-10-6-11(20-12(15)16)8(14)5-9(10)17/h5-6,12,18H,4,7,17H2,1-3H3. The van der Waals surface area contributed by atoms with E-state index in [1.165, 1.54) is 0 Å². The number of nitrogens with one attached hydrogen (secondary N) is 1. The van der Waals surface area contributed by atoms with Gasteiger partial charge in [0.25, 0.3) is 0 Å². The second kappa shape index (κ2) is 6.69. The van der Waals surface area contributed by atoms with Gasteiger partial charge in [-0.05, 0) is 20.8 Å². The van der Waals surface area contributed by atoms with Crippen LogP contribution in [0.4, 0.5) is 24.5 Å². The minimum atomic E-state index is -3.10. The number of alkyl halides is 2. The third kappa shape index (κ3) is 4.80. The molecule has 1 rings (SSSR count). The molecule has 1 aromatic carbocycles. The Morgan fingerprint density at radius 1 is 1.35 bits per heavy atom. The number of nitrogen functional groups attached to an aromatic ring is 1. The summed E-state index contributed by atoms with van der Waals surface area (Å²) in [6.45, 7) is 3.40. The topological polar surface area (TPSA) is 56.5 Å². The van der Waals surface area contributed by atoms with Crippen molar-refractivity contribution in [2.45, 2.75) is 33.0 Å². The molecule has 0 saturated carbocycles. The molecule has 0 heterocycles. The van der Waals surface area contributed by atoms with Crippen LogP contribution < -0.4 is 15.8 Å². The van der Waals surface area contributed by atoms with Gasteiger partial charge in [0, 0.05) is 25.3 Å². The third-order valence-electron chi connectivity index (χ3n) is 2.56. The summed E-state index contributed by atoms with van der Waals surface area (Å²) in [5.41, 5.74) is 5.59. The summed E-state index contributed by atoms with van der Waals surface area (Å²) >= 11 is 0. The molecule has 0 unspecified atom stereocenters. The Bertz CT molecular complexity index is 453. The number of halogens is 3.